The number of amides is 1. The van der Waals surface area contributed by atoms with E-state index in [0.29, 0.717) is 6.04 Å². The highest BCUT2D eigenvalue weighted by Crippen LogP contribution is 2.39. The summed E-state index contributed by atoms with van der Waals surface area (Å²) in [4.78, 5) is 14.6. The van der Waals surface area contributed by atoms with Crippen molar-refractivity contribution in [3.63, 3.8) is 0 Å². The van der Waals surface area contributed by atoms with Crippen molar-refractivity contribution >= 4 is 5.91 Å². The summed E-state index contributed by atoms with van der Waals surface area (Å²) in [6.45, 7) is 8.48. The van der Waals surface area contributed by atoms with Gasteiger partial charge >= 0.3 is 0 Å². The van der Waals surface area contributed by atoms with Gasteiger partial charge in [0.25, 0.3) is 0 Å². The van der Waals surface area contributed by atoms with Crippen LogP contribution in [0.1, 0.15) is 49.5 Å². The van der Waals surface area contributed by atoms with Gasteiger partial charge in [-0.25, -0.2) is 0 Å². The number of benzene rings is 1. The van der Waals surface area contributed by atoms with Crippen molar-refractivity contribution in [2.24, 2.45) is 5.92 Å². The normalized spacial score (nSPS) is 33.4. The number of rotatable bonds is 2. The fourth-order valence-electron chi connectivity index (χ4n) is 3.51. The van der Waals surface area contributed by atoms with Crippen LogP contribution in [0, 0.1) is 19.8 Å². The summed E-state index contributed by atoms with van der Waals surface area (Å²) < 4.78 is 0. The lowest BCUT2D eigenvalue weighted by Gasteiger charge is -2.42. The molecule has 3 heteroatoms. The van der Waals surface area contributed by atoms with E-state index in [1.807, 2.05) is 6.92 Å². The Hall–Kier alpha value is -1.35. The van der Waals surface area contributed by atoms with Crippen LogP contribution in [0.15, 0.2) is 18.2 Å². The second-order valence-corrected chi connectivity index (χ2v) is 6.63. The van der Waals surface area contributed by atoms with Crippen molar-refractivity contribution in [1.82, 2.24) is 10.2 Å². The molecule has 2 aliphatic rings. The quantitative estimate of drug-likeness (QED) is 0.898. The third kappa shape index (κ3) is 2.14. The van der Waals surface area contributed by atoms with Crippen molar-refractivity contribution < 1.29 is 4.79 Å². The number of hydrogen-bond donors (Lipinski definition) is 1. The molecule has 1 amide bonds. The molecule has 0 bridgehead atoms. The maximum atomic E-state index is 12.5. The molecule has 3 rings (SSSR count). The zero-order valence-corrected chi connectivity index (χ0v) is 12.8. The number of aryl methyl sites for hydroxylation is 2. The molecule has 108 valence electrons. The summed E-state index contributed by atoms with van der Waals surface area (Å²) >= 11 is 0. The van der Waals surface area contributed by atoms with Gasteiger partial charge in [0.1, 0.15) is 6.17 Å². The Kier molecular flexibility index (Phi) is 3.33. The zero-order valence-electron chi connectivity index (χ0n) is 12.8. The zero-order chi connectivity index (χ0) is 14.4. The van der Waals surface area contributed by atoms with Crippen LogP contribution in [0.4, 0.5) is 0 Å². The van der Waals surface area contributed by atoms with E-state index in [9.17, 15) is 4.79 Å². The minimum atomic E-state index is -0.0733. The highest BCUT2D eigenvalue weighted by Gasteiger charge is 2.44. The summed E-state index contributed by atoms with van der Waals surface area (Å²) in [5, 5.41) is 3.48. The first kappa shape index (κ1) is 13.6. The average Bonchev–Trinajstić information content (AvgIpc) is 2.65. The fraction of sp³-hybridized carbons (Fsp3) is 0.588. The predicted molar refractivity (Wildman–Crippen MR) is 80.3 cm³/mol. The maximum Gasteiger partial charge on any atom is 0.241 e. The van der Waals surface area contributed by atoms with Crippen molar-refractivity contribution in [2.45, 2.75) is 58.8 Å². The number of nitrogens with one attached hydrogen (secondary N) is 1. The second kappa shape index (κ2) is 4.88. The standard InChI is InChI=1S/C17H24N2O/c1-10-5-6-12(3)15(9-10)16-18-13(4)17(20)19(16)14-7-11(2)8-14/h5-6,9,11,13-14,16,18H,7-8H2,1-4H3. The Bertz CT molecular complexity index is 534. The average molecular weight is 272 g/mol. The van der Waals surface area contributed by atoms with E-state index in [-0.39, 0.29) is 18.1 Å². The molecule has 1 aliphatic heterocycles. The van der Waals surface area contributed by atoms with Crippen LogP contribution in [0.2, 0.25) is 0 Å². The van der Waals surface area contributed by atoms with Gasteiger partial charge in [-0.3, -0.25) is 10.1 Å². The van der Waals surface area contributed by atoms with Gasteiger partial charge < -0.3 is 4.90 Å². The maximum absolute atomic E-state index is 12.5. The smallest absolute Gasteiger partial charge is 0.241 e. The molecule has 0 spiro atoms. The van der Waals surface area contributed by atoms with Gasteiger partial charge in [0.15, 0.2) is 0 Å². The third-order valence-electron chi connectivity index (χ3n) is 4.78. The lowest BCUT2D eigenvalue weighted by atomic mass is 9.80. The van der Waals surface area contributed by atoms with Gasteiger partial charge in [0, 0.05) is 6.04 Å². The molecular formula is C17H24N2O. The molecule has 2 unspecified atom stereocenters. The minimum absolute atomic E-state index is 0.0508. The number of nitrogens with zero attached hydrogens (tertiary/aromatic N) is 1. The van der Waals surface area contributed by atoms with Gasteiger partial charge in [-0.05, 0) is 50.7 Å². The topological polar surface area (TPSA) is 32.3 Å². The van der Waals surface area contributed by atoms with Gasteiger partial charge in [-0.2, -0.15) is 0 Å². The van der Waals surface area contributed by atoms with Gasteiger partial charge in [0.2, 0.25) is 5.91 Å². The van der Waals surface area contributed by atoms with Gasteiger partial charge in [-0.1, -0.05) is 30.7 Å². The first-order valence-electron chi connectivity index (χ1n) is 7.62. The Balaban J connectivity index is 1.94. The van der Waals surface area contributed by atoms with E-state index >= 15 is 0 Å². The number of hydrogen-bond acceptors (Lipinski definition) is 2. The third-order valence-corrected chi connectivity index (χ3v) is 4.78. The molecule has 2 fully saturated rings. The molecular weight excluding hydrogens is 248 g/mol. The van der Waals surface area contributed by atoms with Crippen LogP contribution in [0.25, 0.3) is 0 Å². The SMILES string of the molecule is Cc1ccc(C)c(C2NC(C)C(=O)N2C2CC(C)C2)c1. The van der Waals surface area contributed by atoms with Crippen LogP contribution in [0.3, 0.4) is 0 Å². The fourth-order valence-corrected chi connectivity index (χ4v) is 3.51. The molecule has 1 aromatic rings. The summed E-state index contributed by atoms with van der Waals surface area (Å²) in [5.41, 5.74) is 3.76. The molecule has 2 atom stereocenters. The van der Waals surface area contributed by atoms with Crippen molar-refractivity contribution in [3.8, 4) is 0 Å². The van der Waals surface area contributed by atoms with Crippen LogP contribution in [-0.2, 0) is 4.79 Å². The lowest BCUT2D eigenvalue weighted by molar-refractivity contribution is -0.134. The summed E-state index contributed by atoms with van der Waals surface area (Å²) in [6, 6.07) is 6.85. The first-order valence-corrected chi connectivity index (χ1v) is 7.62. The van der Waals surface area contributed by atoms with E-state index in [1.165, 1.54) is 16.7 Å². The van der Waals surface area contributed by atoms with Crippen LogP contribution < -0.4 is 5.32 Å². The summed E-state index contributed by atoms with van der Waals surface area (Å²) in [6.07, 6.45) is 2.33. The summed E-state index contributed by atoms with van der Waals surface area (Å²) in [7, 11) is 0. The first-order chi connectivity index (χ1) is 9.47. The molecule has 20 heavy (non-hydrogen) atoms. The van der Waals surface area contributed by atoms with E-state index in [1.54, 1.807) is 0 Å². The minimum Gasteiger partial charge on any atom is -0.319 e. The van der Waals surface area contributed by atoms with E-state index in [4.69, 9.17) is 0 Å². The Labute approximate surface area is 121 Å². The number of carbonyl (C=O) groups is 1. The number of carbonyl (C=O) groups excluding carboxylic acids is 1. The monoisotopic (exact) mass is 272 g/mol. The predicted octanol–water partition coefficient (Wildman–Crippen LogP) is 2.92. The van der Waals surface area contributed by atoms with Crippen LogP contribution in [0.5, 0.6) is 0 Å². The molecule has 0 aromatic heterocycles. The lowest BCUT2D eigenvalue weighted by Crippen LogP contribution is -2.47. The van der Waals surface area contributed by atoms with Crippen molar-refractivity contribution in [2.75, 3.05) is 0 Å². The largest absolute Gasteiger partial charge is 0.319 e. The summed E-state index contributed by atoms with van der Waals surface area (Å²) in [5.74, 6) is 1.01. The highest BCUT2D eigenvalue weighted by molar-refractivity contribution is 5.84. The van der Waals surface area contributed by atoms with E-state index < -0.39 is 0 Å². The Morgan fingerprint density at radius 2 is 1.90 bits per heavy atom. The van der Waals surface area contributed by atoms with Crippen molar-refractivity contribution in [1.29, 1.82) is 0 Å². The van der Waals surface area contributed by atoms with Crippen LogP contribution >= 0.6 is 0 Å². The Morgan fingerprint density at radius 1 is 1.20 bits per heavy atom. The second-order valence-electron chi connectivity index (χ2n) is 6.63. The molecule has 1 N–H and O–H groups in total. The van der Waals surface area contributed by atoms with Gasteiger partial charge in [-0.15, -0.1) is 0 Å². The molecule has 1 aliphatic carbocycles. The molecule has 0 radical (unpaired) electrons. The van der Waals surface area contributed by atoms with E-state index in [0.717, 1.165) is 18.8 Å². The van der Waals surface area contributed by atoms with Gasteiger partial charge in [0.05, 0.1) is 6.04 Å². The van der Waals surface area contributed by atoms with Crippen molar-refractivity contribution in [3.05, 3.63) is 34.9 Å². The molecule has 1 aromatic carbocycles. The molecule has 1 saturated carbocycles. The van der Waals surface area contributed by atoms with Crippen LogP contribution in [-0.4, -0.2) is 22.9 Å². The van der Waals surface area contributed by atoms with E-state index in [2.05, 4.69) is 49.2 Å². The molecule has 3 nitrogen and oxygen atoms in total. The highest BCUT2D eigenvalue weighted by atomic mass is 16.2. The molecule has 1 heterocycles. The molecule has 1 saturated heterocycles. The Morgan fingerprint density at radius 3 is 2.55 bits per heavy atom.